The van der Waals surface area contributed by atoms with Crippen LogP contribution in [0.15, 0.2) is 29.2 Å². The van der Waals surface area contributed by atoms with Crippen molar-refractivity contribution in [2.75, 3.05) is 14.2 Å². The van der Waals surface area contributed by atoms with Crippen molar-refractivity contribution in [3.63, 3.8) is 0 Å². The number of benzene rings is 1. The Balaban J connectivity index is 2.33. The summed E-state index contributed by atoms with van der Waals surface area (Å²) in [6.07, 6.45) is -1.21. The molecule has 0 unspecified atom stereocenters. The lowest BCUT2D eigenvalue weighted by Crippen LogP contribution is -2.42. The van der Waals surface area contributed by atoms with Gasteiger partial charge in [0.2, 0.25) is 10.0 Å². The van der Waals surface area contributed by atoms with Gasteiger partial charge in [-0.05, 0) is 18.9 Å². The van der Waals surface area contributed by atoms with Crippen LogP contribution in [0.5, 0.6) is 0 Å². The molecule has 1 aliphatic carbocycles. The van der Waals surface area contributed by atoms with Gasteiger partial charge < -0.3 is 15.2 Å². The van der Waals surface area contributed by atoms with Gasteiger partial charge in [-0.15, -0.1) is 0 Å². The van der Waals surface area contributed by atoms with Gasteiger partial charge in [0.05, 0.1) is 17.1 Å². The van der Waals surface area contributed by atoms with E-state index in [1.54, 1.807) is 0 Å². The molecule has 11 heteroatoms. The van der Waals surface area contributed by atoms with Crippen LogP contribution in [-0.4, -0.2) is 61.2 Å². The Morgan fingerprint density at radius 2 is 2.04 bits per heavy atom. The number of nitrogens with zero attached hydrogens (tertiary/aromatic N) is 2. The van der Waals surface area contributed by atoms with Crippen LogP contribution in [0.25, 0.3) is 0 Å². The number of hydrogen-bond donors (Lipinski definition) is 2. The smallest absolute Gasteiger partial charge is 0.404 e. The first-order chi connectivity index (χ1) is 11.7. The molecule has 2 N–H and O–H groups in total. The van der Waals surface area contributed by atoms with E-state index in [1.165, 1.54) is 32.4 Å². The second-order valence-electron chi connectivity index (χ2n) is 5.71. The molecule has 1 aromatic carbocycles. The van der Waals surface area contributed by atoms with Gasteiger partial charge in [0.15, 0.2) is 4.90 Å². The number of carboxylic acid groups (broad SMARTS) is 1. The fraction of sp³-hybridized carbons (Fsp3) is 0.500. The molecule has 0 heterocycles. The van der Waals surface area contributed by atoms with Crippen LogP contribution in [0.4, 0.5) is 10.5 Å². The third kappa shape index (κ3) is 3.89. The number of sulfonamides is 1. The van der Waals surface area contributed by atoms with E-state index in [9.17, 15) is 23.3 Å². The van der Waals surface area contributed by atoms with Gasteiger partial charge in [-0.1, -0.05) is 12.1 Å². The number of amides is 1. The van der Waals surface area contributed by atoms with Gasteiger partial charge in [0.1, 0.15) is 0 Å². The van der Waals surface area contributed by atoms with Crippen LogP contribution in [0.2, 0.25) is 0 Å². The van der Waals surface area contributed by atoms with Crippen LogP contribution in [0.1, 0.15) is 12.8 Å². The van der Waals surface area contributed by atoms with Crippen LogP contribution in [-0.2, 0) is 14.8 Å². The highest BCUT2D eigenvalue weighted by molar-refractivity contribution is 7.89. The van der Waals surface area contributed by atoms with E-state index in [-0.39, 0.29) is 6.42 Å². The minimum atomic E-state index is -4.16. The molecule has 0 aliphatic heterocycles. The first-order valence-electron chi connectivity index (χ1n) is 7.42. The zero-order chi connectivity index (χ0) is 18.8. The number of para-hydroxylation sites is 1. The summed E-state index contributed by atoms with van der Waals surface area (Å²) in [4.78, 5) is 20.8. The zero-order valence-corrected chi connectivity index (χ0v) is 14.5. The Kier molecular flexibility index (Phi) is 5.60. The average molecular weight is 373 g/mol. The Hall–Kier alpha value is -2.24. The first-order valence-corrected chi connectivity index (χ1v) is 8.86. The van der Waals surface area contributed by atoms with Crippen molar-refractivity contribution in [2.24, 2.45) is 0 Å². The second-order valence-corrected chi connectivity index (χ2v) is 7.67. The summed E-state index contributed by atoms with van der Waals surface area (Å²) in [6, 6.07) is 3.98. The monoisotopic (exact) mass is 373 g/mol. The molecule has 0 saturated heterocycles. The molecule has 10 nitrogen and oxygen atoms in total. The summed E-state index contributed by atoms with van der Waals surface area (Å²) < 4.78 is 32.0. The first kappa shape index (κ1) is 19.1. The molecule has 0 bridgehead atoms. The number of likely N-dealkylation sites (N-methyl/N-ethyl adjacent to an activating group) is 1. The SMILES string of the molecule is CO[C@@H]1C[C@H](NC(=O)O)C[C@@H]1N(C)S(=O)(=O)c1ccccc1[N+](=O)[O-]. The lowest BCUT2D eigenvalue weighted by Gasteiger charge is -2.27. The van der Waals surface area contributed by atoms with E-state index in [2.05, 4.69) is 5.32 Å². The van der Waals surface area contributed by atoms with Crippen molar-refractivity contribution in [1.29, 1.82) is 0 Å². The Morgan fingerprint density at radius 3 is 2.60 bits per heavy atom. The lowest BCUT2D eigenvalue weighted by molar-refractivity contribution is -0.387. The van der Waals surface area contributed by atoms with Crippen molar-refractivity contribution in [3.8, 4) is 0 Å². The standard InChI is InChI=1S/C14H19N3O7S/c1-16(11-7-9(15-14(18)19)8-12(11)24-2)25(22,23)13-6-4-3-5-10(13)17(20)21/h3-6,9,11-12,15H,7-8H2,1-2H3,(H,18,19)/t9-,11+,12-/m1/s1. The summed E-state index contributed by atoms with van der Waals surface area (Å²) >= 11 is 0. The molecule has 1 fully saturated rings. The maximum Gasteiger partial charge on any atom is 0.404 e. The van der Waals surface area contributed by atoms with Gasteiger partial charge >= 0.3 is 6.09 Å². The van der Waals surface area contributed by atoms with Gasteiger partial charge in [0, 0.05) is 26.3 Å². The molecule has 0 aromatic heterocycles. The van der Waals surface area contributed by atoms with E-state index < -0.39 is 49.8 Å². The molecule has 0 radical (unpaired) electrons. The molecule has 1 saturated carbocycles. The maximum atomic E-state index is 12.9. The van der Waals surface area contributed by atoms with Crippen molar-refractivity contribution in [3.05, 3.63) is 34.4 Å². The predicted molar refractivity (Wildman–Crippen MR) is 86.8 cm³/mol. The van der Waals surface area contributed by atoms with Gasteiger partial charge in [-0.2, -0.15) is 4.31 Å². The number of methoxy groups -OCH3 is 1. The molecular weight excluding hydrogens is 354 g/mol. The van der Waals surface area contributed by atoms with Crippen molar-refractivity contribution >= 4 is 21.8 Å². The van der Waals surface area contributed by atoms with Gasteiger partial charge in [-0.3, -0.25) is 10.1 Å². The van der Waals surface area contributed by atoms with Crippen LogP contribution in [0.3, 0.4) is 0 Å². The number of hydrogen-bond acceptors (Lipinski definition) is 6. The van der Waals surface area contributed by atoms with Crippen molar-refractivity contribution in [2.45, 2.75) is 35.9 Å². The Morgan fingerprint density at radius 1 is 1.40 bits per heavy atom. The summed E-state index contributed by atoms with van der Waals surface area (Å²) in [7, 11) is -1.44. The molecule has 0 spiro atoms. The van der Waals surface area contributed by atoms with Crippen LogP contribution >= 0.6 is 0 Å². The number of nitrogens with one attached hydrogen (secondary N) is 1. The normalized spacial score (nSPS) is 23.6. The van der Waals surface area contributed by atoms with E-state index >= 15 is 0 Å². The molecule has 1 aromatic rings. The van der Waals surface area contributed by atoms with Gasteiger partial charge in [0.25, 0.3) is 5.69 Å². The molecule has 3 atom stereocenters. The predicted octanol–water partition coefficient (Wildman–Crippen LogP) is 1.03. The number of ether oxygens (including phenoxy) is 1. The molecule has 1 aliphatic rings. The summed E-state index contributed by atoms with van der Waals surface area (Å²) in [5, 5.41) is 22.3. The Bertz CT molecular complexity index is 767. The molecule has 2 rings (SSSR count). The third-order valence-corrected chi connectivity index (χ3v) is 6.22. The second kappa shape index (κ2) is 7.33. The Labute approximate surface area is 144 Å². The number of nitro benzene ring substituents is 1. The maximum absolute atomic E-state index is 12.9. The zero-order valence-electron chi connectivity index (χ0n) is 13.7. The number of nitro groups is 1. The lowest BCUT2D eigenvalue weighted by atomic mass is 10.2. The highest BCUT2D eigenvalue weighted by Crippen LogP contribution is 2.32. The van der Waals surface area contributed by atoms with Crippen molar-refractivity contribution in [1.82, 2.24) is 9.62 Å². The van der Waals surface area contributed by atoms with Crippen molar-refractivity contribution < 1.29 is 28.0 Å². The minimum absolute atomic E-state index is 0.209. The molecule has 25 heavy (non-hydrogen) atoms. The molecule has 138 valence electrons. The highest BCUT2D eigenvalue weighted by atomic mass is 32.2. The largest absolute Gasteiger partial charge is 0.465 e. The van der Waals surface area contributed by atoms with Crippen LogP contribution in [0, 0.1) is 10.1 Å². The minimum Gasteiger partial charge on any atom is -0.465 e. The van der Waals surface area contributed by atoms with E-state index in [1.807, 2.05) is 0 Å². The number of rotatable bonds is 6. The summed E-state index contributed by atoms with van der Waals surface area (Å²) in [5.74, 6) is 0. The molecular formula is C14H19N3O7S. The highest BCUT2D eigenvalue weighted by Gasteiger charge is 2.43. The fourth-order valence-electron chi connectivity index (χ4n) is 3.06. The van der Waals surface area contributed by atoms with E-state index in [0.717, 1.165) is 10.4 Å². The van der Waals surface area contributed by atoms with Gasteiger partial charge in [-0.25, -0.2) is 13.2 Å². The quantitative estimate of drug-likeness (QED) is 0.561. The average Bonchev–Trinajstić information content (AvgIpc) is 2.95. The number of carbonyl (C=O) groups is 1. The molecule has 1 amide bonds. The summed E-state index contributed by atoms with van der Waals surface area (Å²) in [6.45, 7) is 0. The van der Waals surface area contributed by atoms with E-state index in [0.29, 0.717) is 6.42 Å². The summed E-state index contributed by atoms with van der Waals surface area (Å²) in [5.41, 5.74) is -0.512. The topological polar surface area (TPSA) is 139 Å². The fourth-order valence-corrected chi connectivity index (χ4v) is 4.61. The third-order valence-electron chi connectivity index (χ3n) is 4.29. The van der Waals surface area contributed by atoms with Crippen LogP contribution < -0.4 is 5.32 Å². The van der Waals surface area contributed by atoms with E-state index in [4.69, 9.17) is 9.84 Å².